The van der Waals surface area contributed by atoms with Crippen LogP contribution in [0.1, 0.15) is 19.4 Å². The van der Waals surface area contributed by atoms with Gasteiger partial charge in [0.1, 0.15) is 0 Å². The van der Waals surface area contributed by atoms with E-state index in [-0.39, 0.29) is 18.2 Å². The Balaban J connectivity index is 2.33. The van der Waals surface area contributed by atoms with Gasteiger partial charge in [-0.3, -0.25) is 4.79 Å². The lowest BCUT2D eigenvalue weighted by atomic mass is 10.2. The Labute approximate surface area is 120 Å². The molecule has 0 bridgehead atoms. The Morgan fingerprint density at radius 3 is 2.45 bits per heavy atom. The van der Waals surface area contributed by atoms with Gasteiger partial charge in [-0.05, 0) is 17.9 Å². The summed E-state index contributed by atoms with van der Waals surface area (Å²) in [5, 5.41) is 2.66. The molecule has 112 valence electrons. The molecule has 0 radical (unpaired) electrons. The lowest BCUT2D eigenvalue weighted by Crippen LogP contribution is -2.39. The molecule has 1 aromatic carbocycles. The first kappa shape index (κ1) is 16.7. The van der Waals surface area contributed by atoms with Gasteiger partial charge in [-0.1, -0.05) is 44.2 Å². The predicted octanol–water partition coefficient (Wildman–Crippen LogP) is 0.921. The monoisotopic (exact) mass is 298 g/mol. The Hall–Kier alpha value is -1.40. The van der Waals surface area contributed by atoms with Gasteiger partial charge in [0.05, 0.1) is 12.3 Å². The highest BCUT2D eigenvalue weighted by atomic mass is 32.2. The van der Waals surface area contributed by atoms with Crippen molar-refractivity contribution in [2.45, 2.75) is 20.3 Å². The van der Waals surface area contributed by atoms with Crippen molar-refractivity contribution in [3.8, 4) is 0 Å². The van der Waals surface area contributed by atoms with Crippen LogP contribution in [-0.4, -0.2) is 33.2 Å². The zero-order chi connectivity index (χ0) is 15.0. The zero-order valence-corrected chi connectivity index (χ0v) is 12.7. The van der Waals surface area contributed by atoms with E-state index < -0.39 is 10.0 Å². The van der Waals surface area contributed by atoms with E-state index in [0.29, 0.717) is 18.9 Å². The van der Waals surface area contributed by atoms with E-state index in [1.54, 1.807) is 0 Å². The average molecular weight is 298 g/mol. The molecule has 1 rings (SSSR count). The second-order valence-electron chi connectivity index (χ2n) is 5.07. The van der Waals surface area contributed by atoms with Gasteiger partial charge in [0.15, 0.2) is 0 Å². The fraction of sp³-hybridized carbons (Fsp3) is 0.500. The molecular weight excluding hydrogens is 276 g/mol. The number of rotatable bonds is 8. The van der Waals surface area contributed by atoms with Gasteiger partial charge >= 0.3 is 0 Å². The van der Waals surface area contributed by atoms with Crippen molar-refractivity contribution in [3.63, 3.8) is 0 Å². The topological polar surface area (TPSA) is 75.3 Å². The molecule has 0 aliphatic rings. The molecule has 1 aromatic rings. The van der Waals surface area contributed by atoms with Crippen LogP contribution in [0.15, 0.2) is 30.3 Å². The summed E-state index contributed by atoms with van der Waals surface area (Å²) in [5.41, 5.74) is 0.960. The summed E-state index contributed by atoms with van der Waals surface area (Å²) in [6, 6.07) is 9.38. The van der Waals surface area contributed by atoms with Crippen LogP contribution in [0.2, 0.25) is 0 Å². The first-order chi connectivity index (χ1) is 9.39. The lowest BCUT2D eigenvalue weighted by molar-refractivity contribution is -0.120. The van der Waals surface area contributed by atoms with E-state index >= 15 is 0 Å². The number of hydrogen-bond donors (Lipinski definition) is 2. The van der Waals surface area contributed by atoms with Gasteiger partial charge in [-0.15, -0.1) is 0 Å². The number of nitrogens with one attached hydrogen (secondary N) is 2. The minimum Gasteiger partial charge on any atom is -0.355 e. The third kappa shape index (κ3) is 7.25. The summed E-state index contributed by atoms with van der Waals surface area (Å²) in [4.78, 5) is 11.4. The summed E-state index contributed by atoms with van der Waals surface area (Å²) >= 11 is 0. The fourth-order valence-corrected chi connectivity index (χ4v) is 2.52. The molecule has 0 saturated heterocycles. The Morgan fingerprint density at radius 2 is 1.85 bits per heavy atom. The van der Waals surface area contributed by atoms with Crippen LogP contribution in [0.3, 0.4) is 0 Å². The SMILES string of the molecule is CC(C)CNC(=O)CNS(=O)(=O)CCc1ccccc1. The van der Waals surface area contributed by atoms with Crippen molar-refractivity contribution in [2.24, 2.45) is 5.92 Å². The number of hydrogen-bond acceptors (Lipinski definition) is 3. The largest absolute Gasteiger partial charge is 0.355 e. The van der Waals surface area contributed by atoms with Crippen LogP contribution in [0.5, 0.6) is 0 Å². The normalized spacial score (nSPS) is 11.6. The molecule has 0 aliphatic heterocycles. The van der Waals surface area contributed by atoms with Crippen LogP contribution in [0.4, 0.5) is 0 Å². The summed E-state index contributed by atoms with van der Waals surface area (Å²) in [6.07, 6.45) is 0.434. The van der Waals surface area contributed by atoms with Crippen LogP contribution in [-0.2, 0) is 21.2 Å². The molecule has 6 heteroatoms. The lowest BCUT2D eigenvalue weighted by Gasteiger charge is -2.09. The Kier molecular flexibility index (Phi) is 6.67. The highest BCUT2D eigenvalue weighted by Gasteiger charge is 2.12. The van der Waals surface area contributed by atoms with Crippen molar-refractivity contribution in [1.82, 2.24) is 10.0 Å². The number of sulfonamides is 1. The second kappa shape index (κ2) is 8.01. The number of carbonyl (C=O) groups excluding carboxylic acids is 1. The predicted molar refractivity (Wildman–Crippen MR) is 79.8 cm³/mol. The molecule has 0 unspecified atom stereocenters. The molecule has 1 amide bonds. The van der Waals surface area contributed by atoms with Crippen molar-refractivity contribution >= 4 is 15.9 Å². The van der Waals surface area contributed by atoms with Crippen molar-refractivity contribution in [2.75, 3.05) is 18.8 Å². The molecule has 0 aliphatic carbocycles. The first-order valence-corrected chi connectivity index (χ1v) is 8.32. The van der Waals surface area contributed by atoms with Gasteiger partial charge in [-0.25, -0.2) is 13.1 Å². The van der Waals surface area contributed by atoms with E-state index in [9.17, 15) is 13.2 Å². The standard InChI is InChI=1S/C14H22N2O3S/c1-12(2)10-15-14(17)11-16-20(18,19)9-8-13-6-4-3-5-7-13/h3-7,12,16H,8-11H2,1-2H3,(H,15,17). The van der Waals surface area contributed by atoms with E-state index in [2.05, 4.69) is 10.0 Å². The van der Waals surface area contributed by atoms with Gasteiger partial charge < -0.3 is 5.32 Å². The molecular formula is C14H22N2O3S. The third-order valence-electron chi connectivity index (χ3n) is 2.66. The van der Waals surface area contributed by atoms with Gasteiger partial charge in [0, 0.05) is 6.54 Å². The second-order valence-corrected chi connectivity index (χ2v) is 7.00. The van der Waals surface area contributed by atoms with Crippen molar-refractivity contribution in [3.05, 3.63) is 35.9 Å². The minimum atomic E-state index is -3.42. The summed E-state index contributed by atoms with van der Waals surface area (Å²) in [5.74, 6) is 0.0182. The van der Waals surface area contributed by atoms with E-state index in [4.69, 9.17) is 0 Å². The highest BCUT2D eigenvalue weighted by Crippen LogP contribution is 2.01. The van der Waals surface area contributed by atoms with Crippen LogP contribution < -0.4 is 10.0 Å². The van der Waals surface area contributed by atoms with E-state index in [0.717, 1.165) is 5.56 Å². The maximum absolute atomic E-state index is 11.8. The maximum atomic E-state index is 11.8. The molecule has 2 N–H and O–H groups in total. The van der Waals surface area contributed by atoms with Gasteiger partial charge in [-0.2, -0.15) is 0 Å². The number of aryl methyl sites for hydroxylation is 1. The summed E-state index contributed by atoms with van der Waals surface area (Å²) in [6.45, 7) is 4.29. The van der Waals surface area contributed by atoms with Crippen LogP contribution in [0.25, 0.3) is 0 Å². The van der Waals surface area contributed by atoms with Gasteiger partial charge in [0.2, 0.25) is 15.9 Å². The molecule has 5 nitrogen and oxygen atoms in total. The smallest absolute Gasteiger partial charge is 0.235 e. The quantitative estimate of drug-likeness (QED) is 0.749. The molecule has 0 atom stereocenters. The summed E-state index contributed by atoms with van der Waals surface area (Å²) in [7, 11) is -3.42. The van der Waals surface area contributed by atoms with Gasteiger partial charge in [0.25, 0.3) is 0 Å². The van der Waals surface area contributed by atoms with E-state index in [1.807, 2.05) is 44.2 Å². The molecule has 0 saturated carbocycles. The molecule has 0 aromatic heterocycles. The average Bonchev–Trinajstić information content (AvgIpc) is 2.42. The molecule has 0 spiro atoms. The summed E-state index contributed by atoms with van der Waals surface area (Å²) < 4.78 is 25.8. The zero-order valence-electron chi connectivity index (χ0n) is 11.9. The first-order valence-electron chi connectivity index (χ1n) is 6.67. The third-order valence-corrected chi connectivity index (χ3v) is 3.99. The minimum absolute atomic E-state index is 0.0194. The van der Waals surface area contributed by atoms with E-state index in [1.165, 1.54) is 0 Å². The molecule has 0 heterocycles. The molecule has 20 heavy (non-hydrogen) atoms. The Morgan fingerprint density at radius 1 is 1.20 bits per heavy atom. The highest BCUT2D eigenvalue weighted by molar-refractivity contribution is 7.89. The van der Waals surface area contributed by atoms with Crippen LogP contribution >= 0.6 is 0 Å². The molecule has 0 fully saturated rings. The van der Waals surface area contributed by atoms with Crippen molar-refractivity contribution < 1.29 is 13.2 Å². The number of amides is 1. The Bertz CT molecular complexity index is 512. The maximum Gasteiger partial charge on any atom is 0.235 e. The number of carbonyl (C=O) groups is 1. The van der Waals surface area contributed by atoms with Crippen molar-refractivity contribution in [1.29, 1.82) is 0 Å². The number of benzene rings is 1. The van der Waals surface area contributed by atoms with Crippen LogP contribution in [0, 0.1) is 5.92 Å². The fourth-order valence-electron chi connectivity index (χ4n) is 1.53.